The van der Waals surface area contributed by atoms with Crippen molar-refractivity contribution in [3.63, 3.8) is 0 Å². The molecule has 1 aromatic heterocycles. The van der Waals surface area contributed by atoms with Crippen LogP contribution in [0.5, 0.6) is 5.75 Å². The summed E-state index contributed by atoms with van der Waals surface area (Å²) in [7, 11) is 0. The van der Waals surface area contributed by atoms with Crippen molar-refractivity contribution in [3.8, 4) is 17.2 Å². The fraction of sp³-hybridized carbons (Fsp3) is 0.346. The summed E-state index contributed by atoms with van der Waals surface area (Å²) < 4.78 is 16.7. The summed E-state index contributed by atoms with van der Waals surface area (Å²) in [4.78, 5) is 28.5. The predicted octanol–water partition coefficient (Wildman–Crippen LogP) is 4.27. The topological polar surface area (TPSA) is 90.7 Å². The van der Waals surface area contributed by atoms with Crippen LogP contribution in [0.25, 0.3) is 11.5 Å². The Kier molecular flexibility index (Phi) is 8.63. The maximum atomic E-state index is 12.2. The van der Waals surface area contributed by atoms with E-state index in [2.05, 4.69) is 10.3 Å². The number of carbonyl (C=O) groups is 2. The molecule has 7 heteroatoms. The van der Waals surface area contributed by atoms with E-state index in [-0.39, 0.29) is 12.5 Å². The van der Waals surface area contributed by atoms with E-state index in [0.29, 0.717) is 37.5 Å². The van der Waals surface area contributed by atoms with E-state index in [1.165, 1.54) is 0 Å². The van der Waals surface area contributed by atoms with Crippen LogP contribution in [0, 0.1) is 6.92 Å². The highest BCUT2D eigenvalue weighted by molar-refractivity contribution is 5.84. The van der Waals surface area contributed by atoms with Gasteiger partial charge in [-0.1, -0.05) is 37.3 Å². The van der Waals surface area contributed by atoms with E-state index in [4.69, 9.17) is 13.9 Å². The summed E-state index contributed by atoms with van der Waals surface area (Å²) in [6.07, 6.45) is 1.28. The largest absolute Gasteiger partial charge is 0.493 e. The fourth-order valence-corrected chi connectivity index (χ4v) is 3.32. The van der Waals surface area contributed by atoms with Crippen LogP contribution in [0.4, 0.5) is 0 Å². The number of hydrogen-bond donors (Lipinski definition) is 1. The number of aromatic nitrogens is 1. The maximum Gasteiger partial charge on any atom is 0.328 e. The molecule has 0 aliphatic rings. The number of aryl methyl sites for hydroxylation is 1. The second kappa shape index (κ2) is 11.9. The summed E-state index contributed by atoms with van der Waals surface area (Å²) in [6.45, 7) is 6.11. The Morgan fingerprint density at radius 1 is 1.06 bits per heavy atom. The molecule has 1 heterocycles. The molecule has 0 unspecified atom stereocenters. The summed E-state index contributed by atoms with van der Waals surface area (Å²) in [6, 6.07) is 16.6. The highest BCUT2D eigenvalue weighted by Gasteiger charge is 2.22. The Hall–Kier alpha value is -3.61. The molecule has 0 aliphatic heterocycles. The molecule has 0 saturated heterocycles. The number of benzene rings is 2. The number of nitrogens with zero attached hydrogens (tertiary/aromatic N) is 1. The molecule has 1 N–H and O–H groups in total. The van der Waals surface area contributed by atoms with Gasteiger partial charge in [-0.25, -0.2) is 9.78 Å². The number of oxazole rings is 1. The zero-order valence-electron chi connectivity index (χ0n) is 19.3. The SMILES string of the molecule is CCOC(=O)[C@H](Cc1ccc(OCCc2nc(-c3ccccc3)oc2C)cc1)NC(=O)CC. The quantitative estimate of drug-likeness (QED) is 0.439. The van der Waals surface area contributed by atoms with Crippen LogP contribution in [-0.2, 0) is 27.2 Å². The van der Waals surface area contributed by atoms with Crippen LogP contribution in [-0.4, -0.2) is 36.1 Å². The first-order valence-electron chi connectivity index (χ1n) is 11.2. The van der Waals surface area contributed by atoms with E-state index < -0.39 is 12.0 Å². The van der Waals surface area contributed by atoms with Crippen LogP contribution in [0.1, 0.15) is 37.3 Å². The van der Waals surface area contributed by atoms with Crippen LogP contribution >= 0.6 is 0 Å². The van der Waals surface area contributed by atoms with Gasteiger partial charge in [-0.2, -0.15) is 0 Å². The zero-order valence-corrected chi connectivity index (χ0v) is 19.3. The van der Waals surface area contributed by atoms with E-state index >= 15 is 0 Å². The molecule has 0 saturated carbocycles. The molecule has 33 heavy (non-hydrogen) atoms. The van der Waals surface area contributed by atoms with Gasteiger partial charge in [0.1, 0.15) is 17.6 Å². The van der Waals surface area contributed by atoms with Crippen molar-refractivity contribution in [2.45, 2.75) is 46.1 Å². The number of carbonyl (C=O) groups excluding carboxylic acids is 2. The van der Waals surface area contributed by atoms with E-state index in [9.17, 15) is 9.59 Å². The lowest BCUT2D eigenvalue weighted by molar-refractivity contribution is -0.147. The minimum Gasteiger partial charge on any atom is -0.493 e. The molecule has 3 aromatic rings. The second-order valence-electron chi connectivity index (χ2n) is 7.56. The lowest BCUT2D eigenvalue weighted by atomic mass is 10.1. The molecule has 0 aliphatic carbocycles. The maximum absolute atomic E-state index is 12.2. The van der Waals surface area contributed by atoms with Gasteiger partial charge in [0.15, 0.2) is 0 Å². The van der Waals surface area contributed by atoms with Gasteiger partial charge in [0.05, 0.1) is 18.9 Å². The predicted molar refractivity (Wildman–Crippen MR) is 125 cm³/mol. The van der Waals surface area contributed by atoms with Crippen molar-refractivity contribution < 1.29 is 23.5 Å². The van der Waals surface area contributed by atoms with Gasteiger partial charge in [0.2, 0.25) is 11.8 Å². The zero-order chi connectivity index (χ0) is 23.6. The molecular weight excluding hydrogens is 420 g/mol. The number of ether oxygens (including phenoxy) is 2. The molecular formula is C26H30N2O5. The van der Waals surface area contributed by atoms with Crippen molar-refractivity contribution in [1.29, 1.82) is 0 Å². The van der Waals surface area contributed by atoms with Gasteiger partial charge in [0.25, 0.3) is 0 Å². The van der Waals surface area contributed by atoms with Crippen molar-refractivity contribution >= 4 is 11.9 Å². The first kappa shape index (κ1) is 24.0. The van der Waals surface area contributed by atoms with Gasteiger partial charge in [-0.05, 0) is 43.7 Å². The monoisotopic (exact) mass is 450 g/mol. The Labute approximate surface area is 194 Å². The van der Waals surface area contributed by atoms with Crippen molar-refractivity contribution in [2.24, 2.45) is 0 Å². The molecule has 0 radical (unpaired) electrons. The molecule has 1 atom stereocenters. The smallest absolute Gasteiger partial charge is 0.328 e. The van der Waals surface area contributed by atoms with Crippen molar-refractivity contribution in [3.05, 3.63) is 71.6 Å². The van der Waals surface area contributed by atoms with E-state index in [1.807, 2.05) is 61.5 Å². The summed E-state index contributed by atoms with van der Waals surface area (Å²) >= 11 is 0. The lowest BCUT2D eigenvalue weighted by Crippen LogP contribution is -2.43. The molecule has 7 nitrogen and oxygen atoms in total. The van der Waals surface area contributed by atoms with Crippen LogP contribution in [0.15, 0.2) is 59.0 Å². The average molecular weight is 451 g/mol. The number of amides is 1. The fourth-order valence-electron chi connectivity index (χ4n) is 3.32. The van der Waals surface area contributed by atoms with Gasteiger partial charge < -0.3 is 19.2 Å². The summed E-state index contributed by atoms with van der Waals surface area (Å²) in [5, 5.41) is 2.73. The minimum atomic E-state index is -0.710. The summed E-state index contributed by atoms with van der Waals surface area (Å²) in [5.41, 5.74) is 2.71. The molecule has 2 aromatic carbocycles. The van der Waals surface area contributed by atoms with E-state index in [1.54, 1.807) is 13.8 Å². The first-order valence-corrected chi connectivity index (χ1v) is 11.2. The average Bonchev–Trinajstić information content (AvgIpc) is 3.20. The van der Waals surface area contributed by atoms with Gasteiger partial charge in [-0.3, -0.25) is 4.79 Å². The second-order valence-corrected chi connectivity index (χ2v) is 7.56. The third kappa shape index (κ3) is 6.94. The lowest BCUT2D eigenvalue weighted by Gasteiger charge is -2.17. The third-order valence-corrected chi connectivity index (χ3v) is 5.11. The van der Waals surface area contributed by atoms with Gasteiger partial charge in [-0.15, -0.1) is 0 Å². The number of nitrogens with one attached hydrogen (secondary N) is 1. The number of esters is 1. The highest BCUT2D eigenvalue weighted by Crippen LogP contribution is 2.22. The Bertz CT molecular complexity index is 1040. The Morgan fingerprint density at radius 3 is 2.45 bits per heavy atom. The van der Waals surface area contributed by atoms with Crippen molar-refractivity contribution in [2.75, 3.05) is 13.2 Å². The molecule has 0 fully saturated rings. The van der Waals surface area contributed by atoms with Crippen LogP contribution in [0.3, 0.4) is 0 Å². The normalized spacial score (nSPS) is 11.6. The van der Waals surface area contributed by atoms with E-state index in [0.717, 1.165) is 22.6 Å². The van der Waals surface area contributed by atoms with Crippen molar-refractivity contribution in [1.82, 2.24) is 10.3 Å². The van der Waals surface area contributed by atoms with Crippen LogP contribution in [0.2, 0.25) is 0 Å². The Morgan fingerprint density at radius 2 is 1.79 bits per heavy atom. The minimum absolute atomic E-state index is 0.188. The molecule has 0 spiro atoms. The third-order valence-electron chi connectivity index (χ3n) is 5.11. The molecule has 0 bridgehead atoms. The Balaban J connectivity index is 1.54. The summed E-state index contributed by atoms with van der Waals surface area (Å²) in [5.74, 6) is 1.49. The van der Waals surface area contributed by atoms with Crippen LogP contribution < -0.4 is 10.1 Å². The molecule has 174 valence electrons. The number of rotatable bonds is 11. The van der Waals surface area contributed by atoms with Gasteiger partial charge >= 0.3 is 5.97 Å². The molecule has 3 rings (SSSR count). The standard InChI is InChI=1S/C26H30N2O5/c1-4-24(29)27-23(26(30)31-5-2)17-19-11-13-21(14-12-19)32-16-15-22-18(3)33-25(28-22)20-9-7-6-8-10-20/h6-14,23H,4-5,15-17H2,1-3H3,(H,27,29)/t23-/m0/s1. The van der Waals surface area contributed by atoms with Gasteiger partial charge in [0, 0.05) is 24.8 Å². The highest BCUT2D eigenvalue weighted by atomic mass is 16.5. The first-order chi connectivity index (χ1) is 16.0. The molecule has 1 amide bonds. The number of hydrogen-bond acceptors (Lipinski definition) is 6.